The van der Waals surface area contributed by atoms with Crippen LogP contribution in [0.15, 0.2) is 103 Å². The van der Waals surface area contributed by atoms with Gasteiger partial charge in [-0.05, 0) is 41.0 Å². The second-order valence-corrected chi connectivity index (χ2v) is 7.72. The summed E-state index contributed by atoms with van der Waals surface area (Å²) in [5, 5.41) is 0. The quantitative estimate of drug-likeness (QED) is 0.459. The van der Waals surface area contributed by atoms with Crippen LogP contribution in [0.25, 0.3) is 0 Å². The smallest absolute Gasteiger partial charge is 0.258 e. The van der Waals surface area contributed by atoms with Crippen LogP contribution in [0.1, 0.15) is 22.6 Å². The predicted octanol–water partition coefficient (Wildman–Crippen LogP) is 4.20. The Morgan fingerprint density at radius 1 is 0.562 bits per heavy atom. The molecule has 0 spiro atoms. The van der Waals surface area contributed by atoms with Gasteiger partial charge in [-0.25, -0.2) is 4.90 Å². The molecule has 5 rings (SSSR count). The van der Waals surface area contributed by atoms with Gasteiger partial charge in [-0.2, -0.15) is 0 Å². The normalized spacial score (nSPS) is 16.3. The summed E-state index contributed by atoms with van der Waals surface area (Å²) in [6.45, 7) is 0.588. The molecule has 0 radical (unpaired) electrons. The molecule has 2 aliphatic heterocycles. The van der Waals surface area contributed by atoms with Gasteiger partial charge in [-0.15, -0.1) is 0 Å². The van der Waals surface area contributed by atoms with Crippen LogP contribution in [0, 0.1) is 0 Å². The minimum Gasteiger partial charge on any atom is -0.305 e. The lowest BCUT2D eigenvalue weighted by molar-refractivity contribution is -0.120. The van der Waals surface area contributed by atoms with Gasteiger partial charge in [0.05, 0.1) is 5.69 Å². The van der Waals surface area contributed by atoms with Crippen LogP contribution in [0.4, 0.5) is 11.4 Å². The Kier molecular flexibility index (Phi) is 5.00. The zero-order chi connectivity index (χ0) is 22.1. The van der Waals surface area contributed by atoms with Crippen molar-refractivity contribution in [1.82, 2.24) is 0 Å². The third kappa shape index (κ3) is 3.54. The van der Waals surface area contributed by atoms with Gasteiger partial charge in [0.15, 0.2) is 0 Å². The van der Waals surface area contributed by atoms with E-state index in [0.717, 1.165) is 27.3 Å². The van der Waals surface area contributed by atoms with Crippen molar-refractivity contribution >= 4 is 29.1 Å². The molecule has 0 fully saturated rings. The zero-order valence-corrected chi connectivity index (χ0v) is 17.2. The molecule has 1 atom stereocenters. The second kappa shape index (κ2) is 8.12. The number of hydrogen-bond acceptors (Lipinski definition) is 3. The number of imide groups is 1. The van der Waals surface area contributed by atoms with Gasteiger partial charge >= 0.3 is 0 Å². The molecule has 2 aliphatic rings. The lowest BCUT2D eigenvalue weighted by Gasteiger charge is -2.22. The topological polar surface area (TPSA) is 57.7 Å². The van der Waals surface area contributed by atoms with Gasteiger partial charge in [0.25, 0.3) is 17.7 Å². The summed E-state index contributed by atoms with van der Waals surface area (Å²) in [4.78, 5) is 38.9. The van der Waals surface area contributed by atoms with Crippen molar-refractivity contribution in [2.45, 2.75) is 5.92 Å². The van der Waals surface area contributed by atoms with E-state index in [-0.39, 0.29) is 23.6 Å². The van der Waals surface area contributed by atoms with Crippen molar-refractivity contribution < 1.29 is 14.4 Å². The van der Waals surface area contributed by atoms with Gasteiger partial charge in [-0.3, -0.25) is 14.4 Å². The van der Waals surface area contributed by atoms with Gasteiger partial charge < -0.3 is 4.90 Å². The molecule has 3 aromatic rings. The Labute approximate surface area is 185 Å². The van der Waals surface area contributed by atoms with Crippen LogP contribution in [-0.2, 0) is 14.4 Å². The number of carbonyl (C=O) groups is 3. The average molecular weight is 420 g/mol. The molecule has 3 aromatic carbocycles. The maximum Gasteiger partial charge on any atom is 0.258 e. The van der Waals surface area contributed by atoms with Crippen LogP contribution >= 0.6 is 0 Å². The highest BCUT2D eigenvalue weighted by atomic mass is 16.2. The highest BCUT2D eigenvalue weighted by Crippen LogP contribution is 2.34. The molecule has 2 heterocycles. The maximum absolute atomic E-state index is 12.0. The molecule has 0 saturated heterocycles. The van der Waals surface area contributed by atoms with Crippen molar-refractivity contribution in [2.24, 2.45) is 0 Å². The van der Waals surface area contributed by atoms with Gasteiger partial charge in [-0.1, -0.05) is 60.7 Å². The van der Waals surface area contributed by atoms with E-state index in [1.807, 2.05) is 60.7 Å². The SMILES string of the molecule is O=C1C=CCN1c1ccc(C(c2ccccc2)c2ccc(N3C(=O)C=CC3=O)cc2)cc1. The standard InChI is InChI=1S/C27H20N2O3/c30-24-7-4-18-28(24)22-12-8-20(9-13-22)27(19-5-2-1-3-6-19)21-10-14-23(15-11-21)29-25(31)16-17-26(29)32/h1-17,27H,18H2. The Balaban J connectivity index is 1.49. The first-order valence-corrected chi connectivity index (χ1v) is 10.4. The molecule has 0 aliphatic carbocycles. The monoisotopic (exact) mass is 420 g/mol. The highest BCUT2D eigenvalue weighted by Gasteiger charge is 2.26. The number of benzene rings is 3. The number of rotatable bonds is 5. The first-order chi connectivity index (χ1) is 15.6. The van der Waals surface area contributed by atoms with E-state index in [1.54, 1.807) is 23.1 Å². The lowest BCUT2D eigenvalue weighted by Crippen LogP contribution is -2.29. The van der Waals surface area contributed by atoms with E-state index in [4.69, 9.17) is 0 Å². The summed E-state index contributed by atoms with van der Waals surface area (Å²) in [7, 11) is 0. The maximum atomic E-state index is 12.0. The van der Waals surface area contributed by atoms with E-state index >= 15 is 0 Å². The summed E-state index contributed by atoms with van der Waals surface area (Å²) < 4.78 is 0. The first kappa shape index (κ1) is 19.7. The summed E-state index contributed by atoms with van der Waals surface area (Å²) in [6, 6.07) is 25.7. The molecular formula is C27H20N2O3. The van der Waals surface area contributed by atoms with E-state index in [9.17, 15) is 14.4 Å². The molecular weight excluding hydrogens is 400 g/mol. The number of carbonyl (C=O) groups excluding carboxylic acids is 3. The summed E-state index contributed by atoms with van der Waals surface area (Å²) in [6.07, 6.45) is 6.01. The van der Waals surface area contributed by atoms with E-state index < -0.39 is 0 Å². The minimum absolute atomic E-state index is 0.00607. The Morgan fingerprint density at radius 3 is 1.62 bits per heavy atom. The van der Waals surface area contributed by atoms with Crippen LogP contribution < -0.4 is 9.80 Å². The second-order valence-electron chi connectivity index (χ2n) is 7.72. The van der Waals surface area contributed by atoms with Crippen molar-refractivity contribution in [1.29, 1.82) is 0 Å². The van der Waals surface area contributed by atoms with Crippen LogP contribution in [0.3, 0.4) is 0 Å². The molecule has 5 nitrogen and oxygen atoms in total. The average Bonchev–Trinajstić information content (AvgIpc) is 3.40. The molecule has 1 unspecified atom stereocenters. The predicted molar refractivity (Wildman–Crippen MR) is 123 cm³/mol. The third-order valence-corrected chi connectivity index (χ3v) is 5.78. The molecule has 3 amide bonds. The highest BCUT2D eigenvalue weighted by molar-refractivity contribution is 6.28. The summed E-state index contributed by atoms with van der Waals surface area (Å²) in [5.41, 5.74) is 4.67. The fraction of sp³-hybridized carbons (Fsp3) is 0.0741. The Hall–Kier alpha value is -4.25. The Morgan fingerprint density at radius 2 is 1.09 bits per heavy atom. The van der Waals surface area contributed by atoms with Crippen LogP contribution in [-0.4, -0.2) is 24.3 Å². The molecule has 156 valence electrons. The molecule has 0 N–H and O–H groups in total. The third-order valence-electron chi connectivity index (χ3n) is 5.78. The van der Waals surface area contributed by atoms with Gasteiger partial charge in [0, 0.05) is 36.4 Å². The molecule has 0 bridgehead atoms. The fourth-order valence-corrected chi connectivity index (χ4v) is 4.21. The molecule has 0 aromatic heterocycles. The fourth-order valence-electron chi connectivity index (χ4n) is 4.21. The van der Waals surface area contributed by atoms with Crippen molar-refractivity contribution in [3.8, 4) is 0 Å². The first-order valence-electron chi connectivity index (χ1n) is 10.4. The molecule has 32 heavy (non-hydrogen) atoms. The van der Waals surface area contributed by atoms with Crippen molar-refractivity contribution in [3.05, 3.63) is 120 Å². The van der Waals surface area contributed by atoms with Gasteiger partial charge in [0.2, 0.25) is 0 Å². The van der Waals surface area contributed by atoms with Crippen molar-refractivity contribution in [2.75, 3.05) is 16.3 Å². The zero-order valence-electron chi connectivity index (χ0n) is 17.2. The van der Waals surface area contributed by atoms with Crippen LogP contribution in [0.5, 0.6) is 0 Å². The van der Waals surface area contributed by atoms with E-state index in [0.29, 0.717) is 12.2 Å². The van der Waals surface area contributed by atoms with Crippen LogP contribution in [0.2, 0.25) is 0 Å². The number of nitrogens with zero attached hydrogens (tertiary/aromatic N) is 2. The van der Waals surface area contributed by atoms with Gasteiger partial charge in [0.1, 0.15) is 0 Å². The minimum atomic E-state index is -0.330. The largest absolute Gasteiger partial charge is 0.305 e. The van der Waals surface area contributed by atoms with E-state index in [1.165, 1.54) is 12.2 Å². The molecule has 5 heteroatoms. The lowest BCUT2D eigenvalue weighted by atomic mass is 9.85. The Bertz CT molecular complexity index is 1220. The number of amides is 3. The summed E-state index contributed by atoms with van der Waals surface area (Å²) in [5.74, 6) is -0.698. The van der Waals surface area contributed by atoms with E-state index in [2.05, 4.69) is 12.1 Å². The number of anilines is 2. The summed E-state index contributed by atoms with van der Waals surface area (Å²) >= 11 is 0. The number of hydrogen-bond donors (Lipinski definition) is 0. The molecule has 0 saturated carbocycles. The van der Waals surface area contributed by atoms with Crippen molar-refractivity contribution in [3.63, 3.8) is 0 Å².